The molecular weight excluding hydrogens is 342 g/mol. The van der Waals surface area contributed by atoms with E-state index in [1.54, 1.807) is 25.4 Å². The monoisotopic (exact) mass is 361 g/mol. The Kier molecular flexibility index (Phi) is 3.77. The van der Waals surface area contributed by atoms with Gasteiger partial charge in [-0.15, -0.1) is 0 Å². The lowest BCUT2D eigenvalue weighted by atomic mass is 10.1. The number of nitrogens with one attached hydrogen (secondary N) is 2. The molecule has 3 heterocycles. The zero-order valence-corrected chi connectivity index (χ0v) is 14.5. The lowest BCUT2D eigenvalue weighted by molar-refractivity contribution is 0.224. The fraction of sp³-hybridized carbons (Fsp3) is 0.375. The first-order valence-corrected chi connectivity index (χ1v) is 9.58. The topological polar surface area (TPSA) is 107 Å². The van der Waals surface area contributed by atoms with Gasteiger partial charge in [0.15, 0.2) is 5.82 Å². The van der Waals surface area contributed by atoms with Gasteiger partial charge in [0.2, 0.25) is 0 Å². The Morgan fingerprint density at radius 1 is 1.36 bits per heavy atom. The van der Waals surface area contributed by atoms with Crippen molar-refractivity contribution in [3.63, 3.8) is 0 Å². The van der Waals surface area contributed by atoms with Gasteiger partial charge >= 0.3 is 10.2 Å². The Morgan fingerprint density at radius 2 is 2.16 bits per heavy atom. The van der Waals surface area contributed by atoms with Crippen molar-refractivity contribution in [1.82, 2.24) is 9.97 Å². The van der Waals surface area contributed by atoms with Crippen molar-refractivity contribution in [2.24, 2.45) is 5.92 Å². The van der Waals surface area contributed by atoms with E-state index in [4.69, 9.17) is 0 Å². The molecule has 0 spiro atoms. The summed E-state index contributed by atoms with van der Waals surface area (Å²) < 4.78 is 28.6. The summed E-state index contributed by atoms with van der Waals surface area (Å²) in [7, 11) is -3.56. The Morgan fingerprint density at radius 3 is 2.88 bits per heavy atom. The highest BCUT2D eigenvalue weighted by Gasteiger charge is 2.37. The normalized spacial score (nSPS) is 19.2. The predicted octanol–water partition coefficient (Wildman–Crippen LogP) is 1.78. The number of aromatic nitrogens is 2. The number of aliphatic hydroxyl groups excluding tert-OH is 1. The van der Waals surface area contributed by atoms with E-state index in [-0.39, 0.29) is 0 Å². The minimum absolute atomic E-state index is 0.362. The smallest absolute Gasteiger partial charge is 0.325 e. The minimum atomic E-state index is -3.56. The standard InChI is InChI=1S/C16H19N5O3S/c1-10(22)19-15-7-12(4-5-17-15)13-6-14-16(18-8-13)20-25(23,24)21(14)9-11-2-3-11/h4-8,10-11,22H,2-3,9H2,1H3,(H,17,19)(H,18,20). The molecule has 0 bridgehead atoms. The molecule has 1 aliphatic heterocycles. The number of fused-ring (bicyclic) bond motifs is 1. The van der Waals surface area contributed by atoms with E-state index >= 15 is 0 Å². The van der Waals surface area contributed by atoms with Crippen molar-refractivity contribution < 1.29 is 13.5 Å². The first-order chi connectivity index (χ1) is 11.9. The van der Waals surface area contributed by atoms with Crippen LogP contribution in [0.1, 0.15) is 19.8 Å². The van der Waals surface area contributed by atoms with Crippen molar-refractivity contribution in [2.75, 3.05) is 20.9 Å². The van der Waals surface area contributed by atoms with E-state index < -0.39 is 16.4 Å². The van der Waals surface area contributed by atoms with Crippen LogP contribution in [-0.4, -0.2) is 36.3 Å². The van der Waals surface area contributed by atoms with Gasteiger partial charge in [-0.1, -0.05) is 0 Å². The Labute approximate surface area is 146 Å². The van der Waals surface area contributed by atoms with E-state index in [1.165, 1.54) is 4.31 Å². The van der Waals surface area contributed by atoms with Crippen LogP contribution in [0.2, 0.25) is 0 Å². The highest BCUT2D eigenvalue weighted by Crippen LogP contribution is 2.40. The summed E-state index contributed by atoms with van der Waals surface area (Å²) in [6, 6.07) is 5.43. The Bertz CT molecular complexity index is 912. The lowest BCUT2D eigenvalue weighted by Gasteiger charge is -2.16. The average Bonchev–Trinajstić information content (AvgIpc) is 3.32. The zero-order valence-electron chi connectivity index (χ0n) is 13.7. The molecule has 2 aromatic heterocycles. The third-order valence-corrected chi connectivity index (χ3v) is 5.60. The van der Waals surface area contributed by atoms with Crippen molar-refractivity contribution in [1.29, 1.82) is 0 Å². The predicted molar refractivity (Wildman–Crippen MR) is 95.4 cm³/mol. The third kappa shape index (κ3) is 3.24. The van der Waals surface area contributed by atoms with Crippen LogP contribution in [0, 0.1) is 5.92 Å². The van der Waals surface area contributed by atoms with Crippen molar-refractivity contribution >= 4 is 27.5 Å². The second-order valence-corrected chi connectivity index (χ2v) is 8.02. The minimum Gasteiger partial charge on any atom is -0.374 e. The molecule has 1 aliphatic carbocycles. The summed E-state index contributed by atoms with van der Waals surface area (Å²) in [6.45, 7) is 2.09. The maximum absolute atomic E-state index is 12.3. The largest absolute Gasteiger partial charge is 0.374 e. The second-order valence-electron chi connectivity index (χ2n) is 6.42. The second kappa shape index (κ2) is 5.85. The van der Waals surface area contributed by atoms with Gasteiger partial charge in [0.05, 0.1) is 5.69 Å². The van der Waals surface area contributed by atoms with Gasteiger partial charge in [-0.05, 0) is 49.4 Å². The van der Waals surface area contributed by atoms with Gasteiger partial charge in [0.1, 0.15) is 12.0 Å². The number of rotatable bonds is 5. The summed E-state index contributed by atoms with van der Waals surface area (Å²) in [5, 5.41) is 12.3. The van der Waals surface area contributed by atoms with Gasteiger partial charge in [-0.25, -0.2) is 19.0 Å². The Hall–Kier alpha value is -2.39. The number of anilines is 3. The third-order valence-electron chi connectivity index (χ3n) is 4.22. The molecule has 1 fully saturated rings. The fourth-order valence-electron chi connectivity index (χ4n) is 2.82. The van der Waals surface area contributed by atoms with Crippen molar-refractivity contribution in [3.05, 3.63) is 30.6 Å². The van der Waals surface area contributed by atoms with E-state index in [1.807, 2.05) is 12.1 Å². The van der Waals surface area contributed by atoms with Gasteiger partial charge in [0.25, 0.3) is 0 Å². The van der Waals surface area contributed by atoms with Crippen LogP contribution < -0.4 is 14.3 Å². The van der Waals surface area contributed by atoms with Gasteiger partial charge in [0, 0.05) is 24.5 Å². The maximum Gasteiger partial charge on any atom is 0.325 e. The Balaban J connectivity index is 1.70. The summed E-state index contributed by atoms with van der Waals surface area (Å²) in [5.74, 6) is 1.32. The molecule has 0 aromatic carbocycles. The summed E-state index contributed by atoms with van der Waals surface area (Å²) >= 11 is 0. The van der Waals surface area contributed by atoms with Crippen molar-refractivity contribution in [3.8, 4) is 11.1 Å². The van der Waals surface area contributed by atoms with Crippen LogP contribution in [0.5, 0.6) is 0 Å². The number of aliphatic hydroxyl groups is 1. The molecule has 1 atom stereocenters. The molecule has 3 N–H and O–H groups in total. The molecule has 0 radical (unpaired) electrons. The SMILES string of the molecule is CC(O)Nc1cc(-c2cnc3c(c2)N(CC2CC2)S(=O)(=O)N3)ccn1. The fourth-order valence-corrected chi connectivity index (χ4v) is 4.14. The van der Waals surface area contributed by atoms with Crippen LogP contribution in [0.3, 0.4) is 0 Å². The van der Waals surface area contributed by atoms with Crippen LogP contribution in [0.4, 0.5) is 17.3 Å². The number of nitrogens with zero attached hydrogens (tertiary/aromatic N) is 3. The summed E-state index contributed by atoms with van der Waals surface area (Å²) in [4.78, 5) is 8.43. The molecular formula is C16H19N5O3S. The first kappa shape index (κ1) is 16.1. The molecule has 2 aliphatic rings. The van der Waals surface area contributed by atoms with Crippen LogP contribution >= 0.6 is 0 Å². The molecule has 1 saturated carbocycles. The number of hydrogen-bond acceptors (Lipinski definition) is 6. The van der Waals surface area contributed by atoms with Crippen molar-refractivity contribution in [2.45, 2.75) is 26.0 Å². The molecule has 4 rings (SSSR count). The molecule has 132 valence electrons. The van der Waals surface area contributed by atoms with Gasteiger partial charge in [-0.3, -0.25) is 0 Å². The van der Waals surface area contributed by atoms with E-state index in [9.17, 15) is 13.5 Å². The van der Waals surface area contributed by atoms with E-state index in [2.05, 4.69) is 20.0 Å². The van der Waals surface area contributed by atoms with Crippen LogP contribution in [0.15, 0.2) is 30.6 Å². The zero-order chi connectivity index (χ0) is 17.6. The summed E-state index contributed by atoms with van der Waals surface area (Å²) in [6.07, 6.45) is 4.66. The number of hydrogen-bond donors (Lipinski definition) is 3. The lowest BCUT2D eigenvalue weighted by Crippen LogP contribution is -2.31. The molecule has 0 amide bonds. The van der Waals surface area contributed by atoms with E-state index in [0.717, 1.165) is 24.0 Å². The molecule has 1 unspecified atom stereocenters. The van der Waals surface area contributed by atoms with Gasteiger partial charge < -0.3 is 10.4 Å². The quantitative estimate of drug-likeness (QED) is 0.701. The molecule has 25 heavy (non-hydrogen) atoms. The van der Waals surface area contributed by atoms with Gasteiger partial charge in [-0.2, -0.15) is 8.42 Å². The average molecular weight is 361 g/mol. The molecule has 9 heteroatoms. The van der Waals surface area contributed by atoms with Crippen LogP contribution in [0.25, 0.3) is 11.1 Å². The molecule has 2 aromatic rings. The summed E-state index contributed by atoms with van der Waals surface area (Å²) in [5.41, 5.74) is 2.20. The van der Waals surface area contributed by atoms with E-state index in [0.29, 0.717) is 29.8 Å². The highest BCUT2D eigenvalue weighted by molar-refractivity contribution is 7.94. The molecule has 0 saturated heterocycles. The number of pyridine rings is 2. The highest BCUT2D eigenvalue weighted by atomic mass is 32.2. The van der Waals surface area contributed by atoms with Crippen LogP contribution in [-0.2, 0) is 10.2 Å². The maximum atomic E-state index is 12.3. The first-order valence-electron chi connectivity index (χ1n) is 8.14. The molecule has 8 nitrogen and oxygen atoms in total.